The van der Waals surface area contributed by atoms with Crippen LogP contribution >= 0.6 is 11.3 Å². The Kier molecular flexibility index (Phi) is 5.76. The Labute approximate surface area is 132 Å². The van der Waals surface area contributed by atoms with Crippen molar-refractivity contribution in [1.82, 2.24) is 10.3 Å². The van der Waals surface area contributed by atoms with Gasteiger partial charge in [0, 0.05) is 24.7 Å². The summed E-state index contributed by atoms with van der Waals surface area (Å²) >= 11 is 1.70. The van der Waals surface area contributed by atoms with Gasteiger partial charge in [-0.1, -0.05) is 32.9 Å². The molecule has 114 valence electrons. The third kappa shape index (κ3) is 4.55. The number of aryl methyl sites for hydroxylation is 1. The molecule has 0 spiro atoms. The van der Waals surface area contributed by atoms with Gasteiger partial charge in [0.2, 0.25) is 0 Å². The largest absolute Gasteiger partial charge is 0.321 e. The van der Waals surface area contributed by atoms with Gasteiger partial charge in [0.25, 0.3) is 0 Å². The first-order valence-electron chi connectivity index (χ1n) is 7.58. The van der Waals surface area contributed by atoms with Crippen LogP contribution in [-0.4, -0.2) is 18.6 Å². The number of hydrogen-bond acceptors (Lipinski definition) is 4. The molecular weight excluding hydrogens is 278 g/mol. The summed E-state index contributed by atoms with van der Waals surface area (Å²) in [6, 6.07) is 8.70. The Hall–Kier alpha value is -1.39. The Bertz CT molecular complexity index is 545. The molecule has 2 aromatic rings. The lowest BCUT2D eigenvalue weighted by molar-refractivity contribution is 0.549. The molecule has 4 heteroatoms. The molecule has 0 saturated carbocycles. The first-order chi connectivity index (χ1) is 10.1. The van der Waals surface area contributed by atoms with Crippen molar-refractivity contribution in [3.05, 3.63) is 40.9 Å². The Morgan fingerprint density at radius 2 is 1.95 bits per heavy atom. The molecule has 0 atom stereocenters. The third-order valence-corrected chi connectivity index (χ3v) is 4.38. The molecule has 0 unspecified atom stereocenters. The van der Waals surface area contributed by atoms with Crippen LogP contribution in [0.15, 0.2) is 29.6 Å². The smallest absolute Gasteiger partial charge is 0.189 e. The third-order valence-electron chi connectivity index (χ3n) is 3.42. The number of aromatic nitrogens is 1. The zero-order chi connectivity index (χ0) is 15.2. The summed E-state index contributed by atoms with van der Waals surface area (Å²) in [7, 11) is 2.07. The fraction of sp³-hybridized carbons (Fsp3) is 0.471. The van der Waals surface area contributed by atoms with E-state index in [9.17, 15) is 0 Å². The van der Waals surface area contributed by atoms with Crippen molar-refractivity contribution in [1.29, 1.82) is 0 Å². The van der Waals surface area contributed by atoms with Crippen molar-refractivity contribution >= 4 is 22.2 Å². The standard InChI is InChI=1S/C17H25N3S/c1-5-14-6-8-16(9-7-14)20(4)17-19-15(12-21-17)11-18-10-13(2)3/h6-9,12-13,18H,5,10-11H2,1-4H3. The van der Waals surface area contributed by atoms with E-state index < -0.39 is 0 Å². The highest BCUT2D eigenvalue weighted by Crippen LogP contribution is 2.27. The minimum absolute atomic E-state index is 0.669. The second-order valence-corrected chi connectivity index (χ2v) is 6.56. The number of thiazole rings is 1. The summed E-state index contributed by atoms with van der Waals surface area (Å²) in [5.41, 5.74) is 3.67. The molecule has 1 heterocycles. The van der Waals surface area contributed by atoms with Gasteiger partial charge in [-0.2, -0.15) is 0 Å². The van der Waals surface area contributed by atoms with Gasteiger partial charge in [0.15, 0.2) is 5.13 Å². The lowest BCUT2D eigenvalue weighted by atomic mass is 10.1. The fourth-order valence-electron chi connectivity index (χ4n) is 2.09. The quantitative estimate of drug-likeness (QED) is 0.830. The molecule has 0 bridgehead atoms. The monoisotopic (exact) mass is 303 g/mol. The number of nitrogens with one attached hydrogen (secondary N) is 1. The van der Waals surface area contributed by atoms with Gasteiger partial charge in [0.05, 0.1) is 5.69 Å². The van der Waals surface area contributed by atoms with Gasteiger partial charge < -0.3 is 10.2 Å². The van der Waals surface area contributed by atoms with Gasteiger partial charge in [-0.25, -0.2) is 4.98 Å². The zero-order valence-electron chi connectivity index (χ0n) is 13.4. The Morgan fingerprint density at radius 1 is 1.24 bits per heavy atom. The fourth-order valence-corrected chi connectivity index (χ4v) is 2.90. The van der Waals surface area contributed by atoms with Gasteiger partial charge in [-0.05, 0) is 36.6 Å². The van der Waals surface area contributed by atoms with Crippen LogP contribution in [0, 0.1) is 5.92 Å². The van der Waals surface area contributed by atoms with Crippen LogP contribution in [0.1, 0.15) is 32.0 Å². The number of hydrogen-bond donors (Lipinski definition) is 1. The van der Waals surface area contributed by atoms with Crippen molar-refractivity contribution in [2.24, 2.45) is 5.92 Å². The first-order valence-corrected chi connectivity index (χ1v) is 8.46. The van der Waals surface area contributed by atoms with Crippen LogP contribution in [0.25, 0.3) is 0 Å². The summed E-state index contributed by atoms with van der Waals surface area (Å²) in [6.45, 7) is 8.48. The molecule has 1 N–H and O–H groups in total. The molecule has 2 rings (SSSR count). The van der Waals surface area contributed by atoms with Crippen LogP contribution in [0.4, 0.5) is 10.8 Å². The maximum absolute atomic E-state index is 4.71. The lowest BCUT2D eigenvalue weighted by Gasteiger charge is -2.16. The summed E-state index contributed by atoms with van der Waals surface area (Å²) in [5, 5.41) is 6.61. The van der Waals surface area contributed by atoms with E-state index in [4.69, 9.17) is 4.98 Å². The van der Waals surface area contributed by atoms with Crippen molar-refractivity contribution in [3.8, 4) is 0 Å². The summed E-state index contributed by atoms with van der Waals surface area (Å²) in [6.07, 6.45) is 1.08. The average Bonchev–Trinajstić information content (AvgIpc) is 2.95. The highest BCUT2D eigenvalue weighted by atomic mass is 32.1. The summed E-state index contributed by atoms with van der Waals surface area (Å²) in [5.74, 6) is 0.669. The van der Waals surface area contributed by atoms with Crippen molar-refractivity contribution in [2.75, 3.05) is 18.5 Å². The predicted molar refractivity (Wildman–Crippen MR) is 92.5 cm³/mol. The van der Waals surface area contributed by atoms with E-state index in [0.717, 1.165) is 30.3 Å². The van der Waals surface area contributed by atoms with Crippen LogP contribution in [0.5, 0.6) is 0 Å². The minimum Gasteiger partial charge on any atom is -0.321 e. The summed E-state index contributed by atoms with van der Waals surface area (Å²) < 4.78 is 0. The molecule has 21 heavy (non-hydrogen) atoms. The molecule has 0 radical (unpaired) electrons. The molecule has 0 saturated heterocycles. The highest BCUT2D eigenvalue weighted by molar-refractivity contribution is 7.13. The first kappa shape index (κ1) is 16.0. The van der Waals surface area contributed by atoms with E-state index in [1.807, 2.05) is 0 Å². The maximum atomic E-state index is 4.71. The van der Waals surface area contributed by atoms with E-state index in [1.165, 1.54) is 11.3 Å². The average molecular weight is 303 g/mol. The number of benzene rings is 1. The molecule has 0 fully saturated rings. The van der Waals surface area contributed by atoms with Crippen molar-refractivity contribution < 1.29 is 0 Å². The topological polar surface area (TPSA) is 28.2 Å². The van der Waals surface area contributed by atoms with E-state index >= 15 is 0 Å². The van der Waals surface area contributed by atoms with Crippen LogP contribution in [-0.2, 0) is 13.0 Å². The minimum atomic E-state index is 0.669. The summed E-state index contributed by atoms with van der Waals surface area (Å²) in [4.78, 5) is 6.86. The van der Waals surface area contributed by atoms with Crippen molar-refractivity contribution in [2.45, 2.75) is 33.7 Å². The van der Waals surface area contributed by atoms with Crippen LogP contribution in [0.3, 0.4) is 0 Å². The molecule has 0 amide bonds. The van der Waals surface area contributed by atoms with Gasteiger partial charge in [-0.15, -0.1) is 11.3 Å². The number of anilines is 2. The normalized spacial score (nSPS) is 11.1. The van der Waals surface area contributed by atoms with E-state index in [1.54, 1.807) is 11.3 Å². The maximum Gasteiger partial charge on any atom is 0.189 e. The van der Waals surface area contributed by atoms with Gasteiger partial charge in [-0.3, -0.25) is 0 Å². The van der Waals surface area contributed by atoms with E-state index in [2.05, 4.69) is 67.7 Å². The Morgan fingerprint density at radius 3 is 2.57 bits per heavy atom. The van der Waals surface area contributed by atoms with Gasteiger partial charge in [0.1, 0.15) is 0 Å². The van der Waals surface area contributed by atoms with E-state index in [-0.39, 0.29) is 0 Å². The SMILES string of the molecule is CCc1ccc(N(C)c2nc(CNCC(C)C)cs2)cc1. The van der Waals surface area contributed by atoms with Crippen LogP contribution in [0.2, 0.25) is 0 Å². The van der Waals surface area contributed by atoms with Gasteiger partial charge >= 0.3 is 0 Å². The molecular formula is C17H25N3S. The second kappa shape index (κ2) is 7.57. The highest BCUT2D eigenvalue weighted by Gasteiger charge is 2.09. The Balaban J connectivity index is 1.98. The van der Waals surface area contributed by atoms with Crippen molar-refractivity contribution in [3.63, 3.8) is 0 Å². The molecule has 1 aromatic carbocycles. The predicted octanol–water partition coefficient (Wildman–Crippen LogP) is 4.22. The lowest BCUT2D eigenvalue weighted by Crippen LogP contribution is -2.19. The molecule has 3 nitrogen and oxygen atoms in total. The molecule has 0 aliphatic heterocycles. The number of nitrogens with zero attached hydrogens (tertiary/aromatic N) is 2. The molecule has 0 aliphatic rings. The van der Waals surface area contributed by atoms with Crippen LogP contribution < -0.4 is 10.2 Å². The molecule has 1 aromatic heterocycles. The second-order valence-electron chi connectivity index (χ2n) is 5.73. The number of rotatable bonds is 7. The van der Waals surface area contributed by atoms with E-state index in [0.29, 0.717) is 5.92 Å². The molecule has 0 aliphatic carbocycles. The zero-order valence-corrected chi connectivity index (χ0v) is 14.2.